The molecule has 0 fully saturated rings. The Morgan fingerprint density at radius 3 is 2.36 bits per heavy atom. The average Bonchev–Trinajstić information content (AvgIpc) is 3.65. The molecule has 0 aliphatic carbocycles. The Labute approximate surface area is 250 Å². The first-order valence-electron chi connectivity index (χ1n) is 14.2. The number of hydrogen-bond acceptors (Lipinski definition) is 6. The lowest BCUT2D eigenvalue weighted by atomic mass is 9.83. The summed E-state index contributed by atoms with van der Waals surface area (Å²) in [7, 11) is 0. The number of hydrogen-bond donors (Lipinski definition) is 0. The number of halogens is 1. The highest BCUT2D eigenvalue weighted by molar-refractivity contribution is 6.17. The minimum Gasteiger partial charge on any atom is -0.454 e. The molecule has 44 heavy (non-hydrogen) atoms. The fourth-order valence-corrected chi connectivity index (χ4v) is 6.62. The summed E-state index contributed by atoms with van der Waals surface area (Å²) in [6, 6.07) is 21.9. The maximum atomic E-state index is 15.0. The van der Waals surface area contributed by atoms with Gasteiger partial charge in [0.1, 0.15) is 11.4 Å². The summed E-state index contributed by atoms with van der Waals surface area (Å²) in [5.41, 5.74) is 2.27. The number of fused-ring (bicyclic) bond motifs is 6. The van der Waals surface area contributed by atoms with Gasteiger partial charge in [0.2, 0.25) is 12.6 Å². The zero-order chi connectivity index (χ0) is 30.3. The molecule has 0 bridgehead atoms. The Bertz CT molecular complexity index is 2120. The molecule has 3 aliphatic rings. The maximum absolute atomic E-state index is 15.0. The SMILES string of the molecule is Cc1cc2oc3c(c(=O)c2cc1C)C1(C(=O)N(Cc2ccc(F)cc2)c2ccccc21)N(Cc1ccc2c(c1)OCO2)C3=O. The van der Waals surface area contributed by atoms with E-state index >= 15 is 0 Å². The Hall–Kier alpha value is -5.44. The molecule has 4 heterocycles. The van der Waals surface area contributed by atoms with Crippen molar-refractivity contribution in [1.29, 1.82) is 0 Å². The van der Waals surface area contributed by atoms with E-state index in [1.54, 1.807) is 71.6 Å². The van der Waals surface area contributed by atoms with E-state index in [9.17, 15) is 18.8 Å². The number of anilines is 1. The van der Waals surface area contributed by atoms with Crippen molar-refractivity contribution in [2.75, 3.05) is 11.7 Å². The van der Waals surface area contributed by atoms with E-state index in [-0.39, 0.29) is 36.8 Å². The standard InChI is InChI=1S/C35H25FN2O6/c1-19-13-24-28(14-20(19)2)44-32-30(31(24)39)35(38(33(32)40)17-22-9-12-27-29(15-22)43-18-42-27)25-5-3-4-6-26(25)37(34(35)41)16-21-7-10-23(36)11-8-21/h3-15H,16-18H2,1-2H3. The average molecular weight is 589 g/mol. The molecule has 4 aromatic carbocycles. The molecule has 5 aromatic rings. The van der Waals surface area contributed by atoms with Crippen LogP contribution in [-0.2, 0) is 23.4 Å². The first-order valence-corrected chi connectivity index (χ1v) is 14.2. The fraction of sp³-hybridized carbons (Fsp3) is 0.171. The highest BCUT2D eigenvalue weighted by atomic mass is 19.1. The Morgan fingerprint density at radius 1 is 0.818 bits per heavy atom. The van der Waals surface area contributed by atoms with Crippen LogP contribution in [0.5, 0.6) is 11.5 Å². The zero-order valence-corrected chi connectivity index (χ0v) is 23.8. The van der Waals surface area contributed by atoms with Crippen molar-refractivity contribution in [3.05, 3.63) is 134 Å². The summed E-state index contributed by atoms with van der Waals surface area (Å²) in [6.07, 6.45) is 0. The Balaban J connectivity index is 1.38. The van der Waals surface area contributed by atoms with Crippen LogP contribution in [-0.4, -0.2) is 23.5 Å². The van der Waals surface area contributed by atoms with Crippen LogP contribution in [0.4, 0.5) is 10.1 Å². The molecule has 8 rings (SSSR count). The van der Waals surface area contributed by atoms with Crippen LogP contribution in [0.25, 0.3) is 11.0 Å². The summed E-state index contributed by atoms with van der Waals surface area (Å²) in [5.74, 6) is -0.464. The van der Waals surface area contributed by atoms with Crippen LogP contribution in [0.1, 0.15) is 43.9 Å². The van der Waals surface area contributed by atoms with E-state index in [4.69, 9.17) is 13.9 Å². The van der Waals surface area contributed by atoms with Gasteiger partial charge in [0.25, 0.3) is 11.8 Å². The number of ether oxygens (including phenoxy) is 2. The Morgan fingerprint density at radius 2 is 1.55 bits per heavy atom. The highest BCUT2D eigenvalue weighted by Gasteiger charge is 2.65. The minimum absolute atomic E-state index is 0.00180. The molecule has 1 atom stereocenters. The largest absolute Gasteiger partial charge is 0.454 e. The summed E-state index contributed by atoms with van der Waals surface area (Å²) < 4.78 is 31.0. The van der Waals surface area contributed by atoms with E-state index in [0.717, 1.165) is 11.1 Å². The van der Waals surface area contributed by atoms with E-state index in [1.807, 2.05) is 13.8 Å². The quantitative estimate of drug-likeness (QED) is 0.267. The summed E-state index contributed by atoms with van der Waals surface area (Å²) >= 11 is 0. The lowest BCUT2D eigenvalue weighted by Gasteiger charge is -2.34. The molecule has 0 radical (unpaired) electrons. The first kappa shape index (κ1) is 26.2. The first-order chi connectivity index (χ1) is 21.3. The van der Waals surface area contributed by atoms with Crippen molar-refractivity contribution in [2.24, 2.45) is 0 Å². The third kappa shape index (κ3) is 3.52. The van der Waals surface area contributed by atoms with Crippen LogP contribution in [0.2, 0.25) is 0 Å². The van der Waals surface area contributed by atoms with Crippen molar-refractivity contribution in [2.45, 2.75) is 32.5 Å². The summed E-state index contributed by atoms with van der Waals surface area (Å²) in [6.45, 7) is 3.98. The number of amides is 2. The summed E-state index contributed by atoms with van der Waals surface area (Å²) in [4.78, 5) is 46.9. The topological polar surface area (TPSA) is 89.3 Å². The molecular formula is C35H25FN2O6. The third-order valence-electron chi connectivity index (χ3n) is 8.88. The van der Waals surface area contributed by atoms with Gasteiger partial charge < -0.3 is 23.7 Å². The molecule has 8 nitrogen and oxygen atoms in total. The van der Waals surface area contributed by atoms with Gasteiger partial charge in [-0.15, -0.1) is 0 Å². The van der Waals surface area contributed by atoms with Crippen LogP contribution in [0.15, 0.2) is 88.1 Å². The number of carbonyl (C=O) groups excluding carboxylic acids is 2. The number of carbonyl (C=O) groups is 2. The lowest BCUT2D eigenvalue weighted by Crippen LogP contribution is -2.52. The molecule has 1 unspecified atom stereocenters. The molecule has 9 heteroatoms. The molecule has 0 saturated carbocycles. The maximum Gasteiger partial charge on any atom is 0.291 e. The van der Waals surface area contributed by atoms with Crippen LogP contribution < -0.4 is 19.8 Å². The molecule has 0 N–H and O–H groups in total. The minimum atomic E-state index is -1.80. The van der Waals surface area contributed by atoms with E-state index in [0.29, 0.717) is 39.3 Å². The molecule has 0 saturated heterocycles. The van der Waals surface area contributed by atoms with Gasteiger partial charge >= 0.3 is 0 Å². The van der Waals surface area contributed by atoms with Gasteiger partial charge in [-0.05, 0) is 78.6 Å². The number of nitrogens with zero attached hydrogens (tertiary/aromatic N) is 2. The van der Waals surface area contributed by atoms with Crippen molar-refractivity contribution in [3.8, 4) is 11.5 Å². The van der Waals surface area contributed by atoms with Gasteiger partial charge in [0.05, 0.1) is 23.2 Å². The van der Waals surface area contributed by atoms with Crippen molar-refractivity contribution < 1.29 is 27.9 Å². The van der Waals surface area contributed by atoms with Crippen molar-refractivity contribution >= 4 is 28.5 Å². The number of para-hydroxylation sites is 1. The van der Waals surface area contributed by atoms with Gasteiger partial charge in [-0.3, -0.25) is 14.4 Å². The van der Waals surface area contributed by atoms with E-state index in [2.05, 4.69) is 0 Å². The fourth-order valence-electron chi connectivity index (χ4n) is 6.62. The molecular weight excluding hydrogens is 563 g/mol. The number of aryl methyl sites for hydroxylation is 2. The van der Waals surface area contributed by atoms with Gasteiger partial charge in [0, 0.05) is 12.1 Å². The van der Waals surface area contributed by atoms with Crippen molar-refractivity contribution in [1.82, 2.24) is 4.90 Å². The van der Waals surface area contributed by atoms with Crippen LogP contribution in [0, 0.1) is 19.7 Å². The normalized spacial score (nSPS) is 18.1. The predicted molar refractivity (Wildman–Crippen MR) is 159 cm³/mol. The van der Waals surface area contributed by atoms with Gasteiger partial charge in [-0.25, -0.2) is 4.39 Å². The van der Waals surface area contributed by atoms with Gasteiger partial charge in [-0.1, -0.05) is 36.4 Å². The second-order valence-electron chi connectivity index (χ2n) is 11.4. The molecule has 1 spiro atoms. The smallest absolute Gasteiger partial charge is 0.291 e. The second-order valence-corrected chi connectivity index (χ2v) is 11.4. The van der Waals surface area contributed by atoms with E-state index < -0.39 is 28.6 Å². The molecule has 2 amide bonds. The zero-order valence-electron chi connectivity index (χ0n) is 23.8. The molecule has 3 aliphatic heterocycles. The monoisotopic (exact) mass is 588 g/mol. The van der Waals surface area contributed by atoms with E-state index in [1.165, 1.54) is 17.0 Å². The third-order valence-corrected chi connectivity index (χ3v) is 8.88. The van der Waals surface area contributed by atoms with Gasteiger partial charge in [-0.2, -0.15) is 0 Å². The van der Waals surface area contributed by atoms with Gasteiger partial charge in [0.15, 0.2) is 22.5 Å². The highest BCUT2D eigenvalue weighted by Crippen LogP contribution is 2.53. The lowest BCUT2D eigenvalue weighted by molar-refractivity contribution is -0.126. The second kappa shape index (κ2) is 9.28. The Kier molecular flexibility index (Phi) is 5.53. The van der Waals surface area contributed by atoms with Crippen molar-refractivity contribution in [3.63, 3.8) is 0 Å². The van der Waals surface area contributed by atoms with Crippen LogP contribution in [0.3, 0.4) is 0 Å². The number of benzene rings is 4. The molecule has 1 aromatic heterocycles. The number of rotatable bonds is 4. The predicted octanol–water partition coefficient (Wildman–Crippen LogP) is 5.72. The molecule has 218 valence electrons. The van der Waals surface area contributed by atoms with Crippen LogP contribution >= 0.6 is 0 Å². The summed E-state index contributed by atoms with van der Waals surface area (Å²) in [5, 5.41) is 0.297.